The average Bonchev–Trinajstić information content (AvgIpc) is 3.00. The van der Waals surface area contributed by atoms with Gasteiger partial charge in [-0.15, -0.1) is 0 Å². The first-order valence-electron chi connectivity index (χ1n) is 7.19. The summed E-state index contributed by atoms with van der Waals surface area (Å²) < 4.78 is 5.92. The smallest absolute Gasteiger partial charge is 0.274 e. The number of ether oxygens (including phenoxy) is 1. The van der Waals surface area contributed by atoms with Gasteiger partial charge < -0.3 is 15.8 Å². The summed E-state index contributed by atoms with van der Waals surface area (Å²) in [6.07, 6.45) is 1.66. The van der Waals surface area contributed by atoms with Gasteiger partial charge in [0.1, 0.15) is 5.69 Å². The molecule has 0 radical (unpaired) electrons. The van der Waals surface area contributed by atoms with E-state index < -0.39 is 0 Å². The highest BCUT2D eigenvalue weighted by Gasteiger charge is 2.18. The number of hydrogen-bond donors (Lipinski definition) is 3. The number of nitrogens with two attached hydrogens (primary N) is 1. The number of halogens is 1. The van der Waals surface area contributed by atoms with Crippen LogP contribution in [0.2, 0.25) is 0 Å². The number of carbonyl (C=O) groups is 1. The lowest BCUT2D eigenvalue weighted by atomic mass is 10.1. The number of fused-ring (bicyclic) bond motifs is 1. The molecule has 0 bridgehead atoms. The summed E-state index contributed by atoms with van der Waals surface area (Å²) in [4.78, 5) is 16.9. The molecule has 3 rings (SSSR count). The molecule has 0 aliphatic carbocycles. The molecule has 1 aromatic carbocycles. The normalized spacial score (nSPS) is 11.0. The van der Waals surface area contributed by atoms with Crippen LogP contribution in [-0.4, -0.2) is 28.2 Å². The van der Waals surface area contributed by atoms with Gasteiger partial charge in [0.2, 0.25) is 0 Å². The lowest BCUT2D eigenvalue weighted by molar-refractivity contribution is 0.102. The minimum atomic E-state index is -0.332. The van der Waals surface area contributed by atoms with Crippen LogP contribution >= 0.6 is 15.9 Å². The van der Waals surface area contributed by atoms with Crippen molar-refractivity contribution in [3.8, 4) is 0 Å². The average molecular weight is 390 g/mol. The molecule has 2 heterocycles. The zero-order valence-electron chi connectivity index (χ0n) is 13.2. The first kappa shape index (κ1) is 16.4. The van der Waals surface area contributed by atoms with Crippen molar-refractivity contribution in [2.45, 2.75) is 13.5 Å². The van der Waals surface area contributed by atoms with Crippen LogP contribution in [0.4, 0.5) is 11.4 Å². The zero-order chi connectivity index (χ0) is 17.3. The molecule has 0 atom stereocenters. The van der Waals surface area contributed by atoms with Crippen molar-refractivity contribution >= 4 is 44.2 Å². The van der Waals surface area contributed by atoms with E-state index in [0.29, 0.717) is 34.7 Å². The summed E-state index contributed by atoms with van der Waals surface area (Å²) in [6, 6.07) is 5.41. The molecule has 1 amide bonds. The van der Waals surface area contributed by atoms with Crippen LogP contribution in [0, 0.1) is 6.92 Å². The van der Waals surface area contributed by atoms with E-state index in [9.17, 15) is 4.79 Å². The van der Waals surface area contributed by atoms with E-state index in [-0.39, 0.29) is 5.91 Å². The van der Waals surface area contributed by atoms with Crippen molar-refractivity contribution < 1.29 is 9.53 Å². The fraction of sp³-hybridized carbons (Fsp3) is 0.188. The van der Waals surface area contributed by atoms with Gasteiger partial charge in [-0.1, -0.05) is 12.1 Å². The Kier molecular flexibility index (Phi) is 4.50. The maximum absolute atomic E-state index is 12.7. The molecule has 4 N–H and O–H groups in total. The van der Waals surface area contributed by atoms with E-state index >= 15 is 0 Å². The quantitative estimate of drug-likeness (QED) is 0.594. The van der Waals surface area contributed by atoms with Crippen molar-refractivity contribution in [1.82, 2.24) is 15.2 Å². The summed E-state index contributed by atoms with van der Waals surface area (Å²) in [5.41, 5.74) is 9.63. The molecule has 0 spiro atoms. The number of nitrogen functional groups attached to an aromatic ring is 1. The van der Waals surface area contributed by atoms with Gasteiger partial charge in [0.05, 0.1) is 23.4 Å². The second-order valence-electron chi connectivity index (χ2n) is 5.29. The summed E-state index contributed by atoms with van der Waals surface area (Å²) in [6.45, 7) is 2.27. The number of rotatable bonds is 4. The van der Waals surface area contributed by atoms with Crippen LogP contribution in [0.15, 0.2) is 28.9 Å². The number of carbonyl (C=O) groups excluding carboxylic acids is 1. The number of methoxy groups -OCH3 is 1. The Hall–Kier alpha value is -2.45. The Morgan fingerprint density at radius 3 is 3.00 bits per heavy atom. The monoisotopic (exact) mass is 389 g/mol. The number of benzene rings is 1. The van der Waals surface area contributed by atoms with E-state index in [0.717, 1.165) is 15.6 Å². The fourth-order valence-corrected chi connectivity index (χ4v) is 2.77. The minimum absolute atomic E-state index is 0.332. The number of pyridine rings is 1. The van der Waals surface area contributed by atoms with Gasteiger partial charge in [0.25, 0.3) is 5.91 Å². The third kappa shape index (κ3) is 2.85. The molecule has 0 aliphatic rings. The molecular weight excluding hydrogens is 374 g/mol. The van der Waals surface area contributed by atoms with Gasteiger partial charge in [-0.3, -0.25) is 9.89 Å². The number of amides is 1. The molecule has 3 aromatic rings. The van der Waals surface area contributed by atoms with Crippen LogP contribution < -0.4 is 11.1 Å². The second-order valence-corrected chi connectivity index (χ2v) is 6.15. The van der Waals surface area contributed by atoms with Gasteiger partial charge in [-0.05, 0) is 34.5 Å². The zero-order valence-corrected chi connectivity index (χ0v) is 14.8. The largest absolute Gasteiger partial charge is 0.397 e. The number of aromatic nitrogens is 3. The Balaban J connectivity index is 1.97. The molecule has 0 aliphatic heterocycles. The molecule has 0 fully saturated rings. The van der Waals surface area contributed by atoms with E-state index in [1.165, 1.54) is 0 Å². The minimum Gasteiger partial charge on any atom is -0.397 e. The highest BCUT2D eigenvalue weighted by Crippen LogP contribution is 2.27. The summed E-state index contributed by atoms with van der Waals surface area (Å²) in [7, 11) is 1.59. The predicted octanol–water partition coefficient (Wildman–Crippen LogP) is 3.01. The molecule has 2 aromatic heterocycles. The first-order chi connectivity index (χ1) is 11.5. The number of para-hydroxylation sites is 1. The second kappa shape index (κ2) is 6.58. The maximum atomic E-state index is 12.7. The fourth-order valence-electron chi connectivity index (χ4n) is 2.47. The van der Waals surface area contributed by atoms with Gasteiger partial charge >= 0.3 is 0 Å². The van der Waals surface area contributed by atoms with Gasteiger partial charge in [-0.25, -0.2) is 4.98 Å². The molecule has 0 unspecified atom stereocenters. The number of anilines is 2. The van der Waals surface area contributed by atoms with E-state index in [1.807, 2.05) is 19.1 Å². The Labute approximate surface area is 146 Å². The molecule has 0 saturated carbocycles. The molecule has 7 nitrogen and oxygen atoms in total. The lowest BCUT2D eigenvalue weighted by Gasteiger charge is -2.11. The Morgan fingerprint density at radius 1 is 1.46 bits per heavy atom. The number of H-pyrrole nitrogens is 1. The number of aromatic amines is 1. The highest BCUT2D eigenvalue weighted by atomic mass is 79.9. The summed E-state index contributed by atoms with van der Waals surface area (Å²) >= 11 is 3.42. The van der Waals surface area contributed by atoms with Crippen molar-refractivity contribution in [3.63, 3.8) is 0 Å². The maximum Gasteiger partial charge on any atom is 0.274 e. The van der Waals surface area contributed by atoms with Gasteiger partial charge in [0, 0.05) is 23.3 Å². The number of nitrogens with zero attached hydrogens (tertiary/aromatic N) is 2. The molecule has 0 saturated heterocycles. The highest BCUT2D eigenvalue weighted by molar-refractivity contribution is 9.10. The van der Waals surface area contributed by atoms with Gasteiger partial charge in [-0.2, -0.15) is 5.10 Å². The van der Waals surface area contributed by atoms with E-state index in [1.54, 1.807) is 19.4 Å². The van der Waals surface area contributed by atoms with Crippen LogP contribution in [0.1, 0.15) is 21.6 Å². The Morgan fingerprint density at radius 2 is 2.25 bits per heavy atom. The topological polar surface area (TPSA) is 106 Å². The molecular formula is C16H16BrN5O2. The van der Waals surface area contributed by atoms with E-state index in [2.05, 4.69) is 36.4 Å². The van der Waals surface area contributed by atoms with Gasteiger partial charge in [0.15, 0.2) is 5.65 Å². The number of hydrogen-bond acceptors (Lipinski definition) is 5. The number of nitrogens with one attached hydrogen (secondary N) is 2. The van der Waals surface area contributed by atoms with Crippen molar-refractivity contribution in [3.05, 3.63) is 45.7 Å². The standard InChI is InChI=1S/C16H16BrN5O2/c1-8-10(17)6-19-15-12(8)14(21-22-15)16(23)20-11-5-3-4-9(7-24-2)13(11)18/h3-6H,7,18H2,1-2H3,(H,20,23)(H,19,21,22). The summed E-state index contributed by atoms with van der Waals surface area (Å²) in [5.74, 6) is -0.332. The Bertz CT molecular complexity index is 922. The van der Waals surface area contributed by atoms with Crippen LogP contribution in [0.5, 0.6) is 0 Å². The van der Waals surface area contributed by atoms with Crippen molar-refractivity contribution in [2.24, 2.45) is 0 Å². The summed E-state index contributed by atoms with van der Waals surface area (Å²) in [5, 5.41) is 10.3. The third-order valence-electron chi connectivity index (χ3n) is 3.75. The van der Waals surface area contributed by atoms with Crippen LogP contribution in [0.25, 0.3) is 11.0 Å². The SMILES string of the molecule is COCc1cccc(NC(=O)c2[nH]nc3ncc(Br)c(C)c23)c1N. The van der Waals surface area contributed by atoms with Crippen molar-refractivity contribution in [1.29, 1.82) is 0 Å². The lowest BCUT2D eigenvalue weighted by Crippen LogP contribution is -2.15. The molecule has 8 heteroatoms. The third-order valence-corrected chi connectivity index (χ3v) is 4.55. The molecule has 24 heavy (non-hydrogen) atoms. The molecule has 124 valence electrons. The van der Waals surface area contributed by atoms with E-state index in [4.69, 9.17) is 10.5 Å². The van der Waals surface area contributed by atoms with Crippen molar-refractivity contribution in [2.75, 3.05) is 18.2 Å². The van der Waals surface area contributed by atoms with Crippen LogP contribution in [0.3, 0.4) is 0 Å². The predicted molar refractivity (Wildman–Crippen MR) is 95.8 cm³/mol. The number of aryl methyl sites for hydroxylation is 1. The van der Waals surface area contributed by atoms with Crippen LogP contribution in [-0.2, 0) is 11.3 Å². The first-order valence-corrected chi connectivity index (χ1v) is 7.99.